The largest absolute Gasteiger partial charge is 0.872 e. The number of hydrogen-bond donors (Lipinski definition) is 2. The molecule has 0 amide bonds. The van der Waals surface area contributed by atoms with Crippen molar-refractivity contribution in [2.24, 2.45) is 4.99 Å². The quantitative estimate of drug-likeness (QED) is 0.496. The van der Waals surface area contributed by atoms with Gasteiger partial charge in [0.2, 0.25) is 0 Å². The molecule has 0 aliphatic carbocycles. The van der Waals surface area contributed by atoms with Crippen molar-refractivity contribution in [3.05, 3.63) is 63.7 Å². The number of non-ortho nitro benzene ring substituents is 1. The molecule has 7 nitrogen and oxygen atoms in total. The highest BCUT2D eigenvalue weighted by Gasteiger charge is 2.15. The van der Waals surface area contributed by atoms with Crippen LogP contribution in [-0.4, -0.2) is 27.4 Å². The Morgan fingerprint density at radius 1 is 1.22 bits per heavy atom. The number of phenols is 1. The second-order valence-electron chi connectivity index (χ2n) is 5.03. The molecule has 0 saturated heterocycles. The van der Waals surface area contributed by atoms with Crippen molar-refractivity contribution in [3.63, 3.8) is 0 Å². The van der Waals surface area contributed by atoms with Gasteiger partial charge in [0.25, 0.3) is 5.69 Å². The van der Waals surface area contributed by atoms with Gasteiger partial charge in [0.05, 0.1) is 11.0 Å². The Hall–Kier alpha value is -2.93. The zero-order valence-electron chi connectivity index (χ0n) is 12.3. The minimum atomic E-state index is -0.930. The number of rotatable bonds is 5. The van der Waals surface area contributed by atoms with E-state index in [-0.39, 0.29) is 22.7 Å². The molecule has 0 radical (unpaired) electrons. The fourth-order valence-electron chi connectivity index (χ4n) is 1.98. The third kappa shape index (κ3) is 4.04. The molecule has 0 aromatic heterocycles. The van der Waals surface area contributed by atoms with Crippen molar-refractivity contribution in [3.8, 4) is 11.5 Å². The van der Waals surface area contributed by atoms with Crippen LogP contribution in [0.15, 0.2) is 47.5 Å². The lowest BCUT2D eigenvalue weighted by atomic mass is 10.0. The zero-order chi connectivity index (χ0) is 17.0. The molecule has 7 heteroatoms. The van der Waals surface area contributed by atoms with E-state index in [0.717, 1.165) is 18.2 Å². The molecule has 0 saturated carbocycles. The molecule has 0 fully saturated rings. The SMILES string of the molecule is C[C@H](N=Cc1cc([N+](=O)[O-])ccc1[O-])[C@@H](O)c1ccc(O)cc1. The number of aliphatic hydroxyl groups is 1. The molecule has 120 valence electrons. The molecule has 0 aliphatic heterocycles. The van der Waals surface area contributed by atoms with Gasteiger partial charge in [0.1, 0.15) is 11.9 Å². The summed E-state index contributed by atoms with van der Waals surface area (Å²) in [4.78, 5) is 14.2. The number of benzene rings is 2. The molecule has 2 atom stereocenters. The van der Waals surface area contributed by atoms with Crippen LogP contribution in [0.25, 0.3) is 0 Å². The Bertz CT molecular complexity index is 728. The van der Waals surface area contributed by atoms with Crippen LogP contribution < -0.4 is 5.11 Å². The molecule has 0 bridgehead atoms. The van der Waals surface area contributed by atoms with Gasteiger partial charge < -0.3 is 15.3 Å². The summed E-state index contributed by atoms with van der Waals surface area (Å²) in [6.45, 7) is 1.65. The first-order valence-corrected chi connectivity index (χ1v) is 6.84. The number of nitro benzene ring substituents is 1. The Morgan fingerprint density at radius 3 is 2.48 bits per heavy atom. The van der Waals surface area contributed by atoms with Crippen molar-refractivity contribution in [1.29, 1.82) is 0 Å². The first-order valence-electron chi connectivity index (χ1n) is 6.84. The number of aliphatic hydroxyl groups excluding tert-OH is 1. The minimum Gasteiger partial charge on any atom is -0.872 e. The van der Waals surface area contributed by atoms with Gasteiger partial charge in [0.15, 0.2) is 0 Å². The number of hydrogen-bond acceptors (Lipinski definition) is 6. The lowest BCUT2D eigenvalue weighted by Crippen LogP contribution is -2.13. The molecular weight excluding hydrogens is 300 g/mol. The van der Waals surface area contributed by atoms with Crippen LogP contribution in [-0.2, 0) is 0 Å². The average molecular weight is 315 g/mol. The van der Waals surface area contributed by atoms with E-state index < -0.39 is 17.1 Å². The van der Waals surface area contributed by atoms with Crippen LogP contribution in [0.1, 0.15) is 24.2 Å². The van der Waals surface area contributed by atoms with Gasteiger partial charge >= 0.3 is 0 Å². The summed E-state index contributed by atoms with van der Waals surface area (Å²) in [6.07, 6.45) is 0.296. The van der Waals surface area contributed by atoms with Crippen molar-refractivity contribution in [2.75, 3.05) is 0 Å². The summed E-state index contributed by atoms with van der Waals surface area (Å²) in [5.74, 6) is -0.296. The predicted octanol–water partition coefficient (Wildman–Crippen LogP) is 1.91. The molecule has 2 aromatic carbocycles. The van der Waals surface area contributed by atoms with Gasteiger partial charge in [-0.05, 0) is 30.2 Å². The van der Waals surface area contributed by atoms with E-state index in [4.69, 9.17) is 0 Å². The van der Waals surface area contributed by atoms with Crippen LogP contribution in [0.2, 0.25) is 0 Å². The molecule has 0 unspecified atom stereocenters. The zero-order valence-corrected chi connectivity index (χ0v) is 12.3. The monoisotopic (exact) mass is 315 g/mol. The van der Waals surface area contributed by atoms with E-state index in [2.05, 4.69) is 4.99 Å². The first-order chi connectivity index (χ1) is 10.9. The second kappa shape index (κ2) is 6.89. The number of phenolic OH excluding ortho intramolecular Hbond substituents is 1. The summed E-state index contributed by atoms with van der Waals surface area (Å²) >= 11 is 0. The molecule has 0 heterocycles. The van der Waals surface area contributed by atoms with Gasteiger partial charge in [-0.1, -0.05) is 23.9 Å². The maximum Gasteiger partial charge on any atom is 0.270 e. The topological polar surface area (TPSA) is 119 Å². The number of aromatic hydroxyl groups is 1. The van der Waals surface area contributed by atoms with Gasteiger partial charge in [-0.2, -0.15) is 0 Å². The second-order valence-corrected chi connectivity index (χ2v) is 5.03. The van der Waals surface area contributed by atoms with Gasteiger partial charge in [-0.15, -0.1) is 0 Å². The normalized spacial score (nSPS) is 13.8. The van der Waals surface area contributed by atoms with Crippen molar-refractivity contribution < 1.29 is 20.2 Å². The Kier molecular flexibility index (Phi) is 4.92. The minimum absolute atomic E-state index is 0.0870. The number of nitrogens with zero attached hydrogens (tertiary/aromatic N) is 2. The van der Waals surface area contributed by atoms with Crippen molar-refractivity contribution >= 4 is 11.9 Å². The summed E-state index contributed by atoms with van der Waals surface area (Å²) in [7, 11) is 0. The van der Waals surface area contributed by atoms with Gasteiger partial charge in [-0.3, -0.25) is 15.1 Å². The number of nitro groups is 1. The van der Waals surface area contributed by atoms with E-state index >= 15 is 0 Å². The van der Waals surface area contributed by atoms with Crippen LogP contribution in [0.3, 0.4) is 0 Å². The fraction of sp³-hybridized carbons (Fsp3) is 0.188. The van der Waals surface area contributed by atoms with Crippen molar-refractivity contribution in [2.45, 2.75) is 19.1 Å². The van der Waals surface area contributed by atoms with E-state index in [0.29, 0.717) is 5.56 Å². The third-order valence-corrected chi connectivity index (χ3v) is 3.34. The molecule has 2 rings (SSSR count). The summed E-state index contributed by atoms with van der Waals surface area (Å²) in [5.41, 5.74) is 0.454. The summed E-state index contributed by atoms with van der Waals surface area (Å²) < 4.78 is 0. The highest BCUT2D eigenvalue weighted by Crippen LogP contribution is 2.23. The summed E-state index contributed by atoms with van der Waals surface area (Å²) in [5, 5.41) is 41.8. The highest BCUT2D eigenvalue weighted by atomic mass is 16.6. The molecule has 2 aromatic rings. The smallest absolute Gasteiger partial charge is 0.270 e. The van der Waals surface area contributed by atoms with E-state index in [1.165, 1.54) is 18.3 Å². The van der Waals surface area contributed by atoms with Crippen LogP contribution in [0.4, 0.5) is 5.69 Å². The van der Waals surface area contributed by atoms with Crippen LogP contribution >= 0.6 is 0 Å². The Balaban J connectivity index is 2.17. The lowest BCUT2D eigenvalue weighted by molar-refractivity contribution is -0.385. The molecule has 2 N–H and O–H groups in total. The molecular formula is C16H15N2O5-. The van der Waals surface area contributed by atoms with Gasteiger partial charge in [0, 0.05) is 18.3 Å². The average Bonchev–Trinajstić information content (AvgIpc) is 2.53. The fourth-order valence-corrected chi connectivity index (χ4v) is 1.98. The predicted molar refractivity (Wildman–Crippen MR) is 82.7 cm³/mol. The molecule has 0 aliphatic rings. The van der Waals surface area contributed by atoms with Gasteiger partial charge in [-0.25, -0.2) is 0 Å². The summed E-state index contributed by atoms with van der Waals surface area (Å²) in [6, 6.07) is 8.85. The van der Waals surface area contributed by atoms with Crippen molar-refractivity contribution in [1.82, 2.24) is 0 Å². The maximum absolute atomic E-state index is 11.7. The van der Waals surface area contributed by atoms with E-state index in [1.54, 1.807) is 19.1 Å². The van der Waals surface area contributed by atoms with Crippen LogP contribution in [0.5, 0.6) is 11.5 Å². The maximum atomic E-state index is 11.7. The van der Waals surface area contributed by atoms with E-state index in [1.807, 2.05) is 0 Å². The molecule has 23 heavy (non-hydrogen) atoms. The standard InChI is InChI=1S/C16H16N2O5/c1-10(16(21)11-2-5-14(19)6-3-11)17-9-12-8-13(18(22)23)4-7-15(12)20/h2-10,16,19-21H,1H3/p-1/t10-,16+/m0/s1. The highest BCUT2D eigenvalue weighted by molar-refractivity contribution is 5.84. The molecule has 0 spiro atoms. The van der Waals surface area contributed by atoms with E-state index in [9.17, 15) is 25.4 Å². The number of aliphatic imine (C=N–C) groups is 1. The Labute approximate surface area is 132 Å². The third-order valence-electron chi connectivity index (χ3n) is 3.34. The van der Waals surface area contributed by atoms with Crippen LogP contribution in [0, 0.1) is 10.1 Å². The first kappa shape index (κ1) is 16.4. The Morgan fingerprint density at radius 2 is 1.87 bits per heavy atom. The lowest BCUT2D eigenvalue weighted by Gasteiger charge is -2.16.